The molecule has 0 aromatic carbocycles. The highest BCUT2D eigenvalue weighted by Gasteiger charge is 2.23. The molecule has 0 fully saturated rings. The van der Waals surface area contributed by atoms with Crippen LogP contribution in [0, 0.1) is 0 Å². The topological polar surface area (TPSA) is 54.2 Å². The van der Waals surface area contributed by atoms with Crippen LogP contribution in [-0.2, 0) is 32.5 Å². The van der Waals surface area contributed by atoms with Gasteiger partial charge in [-0.2, -0.15) is 5.10 Å². The number of aromatic nitrogens is 3. The van der Waals surface area contributed by atoms with Gasteiger partial charge in [0, 0.05) is 49.7 Å². The molecule has 0 amide bonds. The van der Waals surface area contributed by atoms with Crippen LogP contribution in [-0.4, -0.2) is 37.9 Å². The third-order valence-electron chi connectivity index (χ3n) is 4.41. The van der Waals surface area contributed by atoms with E-state index in [1.807, 2.05) is 23.1 Å². The second-order valence-electron chi connectivity index (χ2n) is 5.84. The van der Waals surface area contributed by atoms with Crippen molar-refractivity contribution in [3.63, 3.8) is 0 Å². The fourth-order valence-electron chi connectivity index (χ4n) is 3.25. The number of hydrogen-bond acceptors (Lipinski definition) is 4. The molecule has 22 heavy (non-hydrogen) atoms. The molecule has 0 aliphatic carbocycles. The van der Waals surface area contributed by atoms with E-state index in [4.69, 9.17) is 0 Å². The number of rotatable bonds is 6. The van der Waals surface area contributed by atoms with Crippen LogP contribution in [0.25, 0.3) is 0 Å². The first-order valence-electron chi connectivity index (χ1n) is 8.11. The number of aliphatic hydroxyl groups is 1. The molecule has 0 saturated carbocycles. The minimum Gasteiger partial charge on any atom is -0.390 e. The van der Waals surface area contributed by atoms with E-state index in [1.165, 1.54) is 16.8 Å². The summed E-state index contributed by atoms with van der Waals surface area (Å²) in [6, 6.07) is 4.13. The first-order valence-corrected chi connectivity index (χ1v) is 8.11. The van der Waals surface area contributed by atoms with Gasteiger partial charge in [0.15, 0.2) is 0 Å². The largest absolute Gasteiger partial charge is 0.390 e. The first-order chi connectivity index (χ1) is 10.8. The minimum absolute atomic E-state index is 0.0405. The molecule has 1 aliphatic rings. The maximum atomic E-state index is 9.51. The standard InChI is InChI=1S/C17H24N4O/c1-2-21-17-7-10-20(12-15(17)16(13-22)19-21)9-4-6-14-5-3-8-18-11-14/h3,5,8,11,22H,2,4,6-7,9-10,12-13H2,1H3. The molecule has 0 unspecified atom stereocenters. The Bertz CT molecular complexity index is 609. The van der Waals surface area contributed by atoms with Crippen molar-refractivity contribution in [2.24, 2.45) is 0 Å². The van der Waals surface area contributed by atoms with Gasteiger partial charge in [0.05, 0.1) is 12.3 Å². The molecule has 118 valence electrons. The Labute approximate surface area is 131 Å². The van der Waals surface area contributed by atoms with Gasteiger partial charge in [0.1, 0.15) is 0 Å². The maximum Gasteiger partial charge on any atom is 0.0926 e. The van der Waals surface area contributed by atoms with Gasteiger partial charge >= 0.3 is 0 Å². The Kier molecular flexibility index (Phi) is 4.85. The molecule has 3 rings (SSSR count). The van der Waals surface area contributed by atoms with Gasteiger partial charge in [0.25, 0.3) is 0 Å². The van der Waals surface area contributed by atoms with Crippen molar-refractivity contribution in [1.82, 2.24) is 19.7 Å². The monoisotopic (exact) mass is 300 g/mol. The number of nitrogens with zero attached hydrogens (tertiary/aromatic N) is 4. The molecular weight excluding hydrogens is 276 g/mol. The summed E-state index contributed by atoms with van der Waals surface area (Å²) in [7, 11) is 0. The third-order valence-corrected chi connectivity index (χ3v) is 4.41. The van der Waals surface area contributed by atoms with Crippen molar-refractivity contribution in [2.75, 3.05) is 13.1 Å². The summed E-state index contributed by atoms with van der Waals surface area (Å²) in [5.74, 6) is 0. The zero-order valence-corrected chi connectivity index (χ0v) is 13.2. The van der Waals surface area contributed by atoms with E-state index >= 15 is 0 Å². The van der Waals surface area contributed by atoms with Gasteiger partial charge < -0.3 is 5.11 Å². The van der Waals surface area contributed by atoms with Crippen molar-refractivity contribution < 1.29 is 5.11 Å². The van der Waals surface area contributed by atoms with Gasteiger partial charge in [-0.1, -0.05) is 6.07 Å². The molecule has 5 nitrogen and oxygen atoms in total. The summed E-state index contributed by atoms with van der Waals surface area (Å²) in [6.45, 7) is 6.10. The summed E-state index contributed by atoms with van der Waals surface area (Å²) in [5, 5.41) is 14.0. The van der Waals surface area contributed by atoms with E-state index in [2.05, 4.69) is 28.0 Å². The zero-order valence-electron chi connectivity index (χ0n) is 13.2. The lowest BCUT2D eigenvalue weighted by Crippen LogP contribution is -2.32. The van der Waals surface area contributed by atoms with E-state index in [1.54, 1.807) is 0 Å². The van der Waals surface area contributed by atoms with Crippen molar-refractivity contribution in [3.05, 3.63) is 47.0 Å². The van der Waals surface area contributed by atoms with E-state index in [0.717, 1.165) is 51.1 Å². The van der Waals surface area contributed by atoms with Crippen LogP contribution in [0.4, 0.5) is 0 Å². The lowest BCUT2D eigenvalue weighted by molar-refractivity contribution is 0.241. The quantitative estimate of drug-likeness (QED) is 0.883. The Balaban J connectivity index is 1.58. The van der Waals surface area contributed by atoms with E-state index < -0.39 is 0 Å². The first kappa shape index (κ1) is 15.2. The Morgan fingerprint density at radius 1 is 1.36 bits per heavy atom. The molecule has 0 radical (unpaired) electrons. The van der Waals surface area contributed by atoms with Crippen LogP contribution in [0.1, 0.15) is 35.9 Å². The van der Waals surface area contributed by atoms with Gasteiger partial charge in [-0.25, -0.2) is 0 Å². The lowest BCUT2D eigenvalue weighted by Gasteiger charge is -2.27. The van der Waals surface area contributed by atoms with E-state index in [-0.39, 0.29) is 6.61 Å². The maximum absolute atomic E-state index is 9.51. The second-order valence-corrected chi connectivity index (χ2v) is 5.84. The number of pyridine rings is 1. The molecule has 0 spiro atoms. The molecule has 1 aliphatic heterocycles. The van der Waals surface area contributed by atoms with Gasteiger partial charge in [-0.15, -0.1) is 0 Å². The number of aryl methyl sites for hydroxylation is 2. The summed E-state index contributed by atoms with van der Waals surface area (Å²) < 4.78 is 2.05. The number of fused-ring (bicyclic) bond motifs is 1. The molecule has 0 bridgehead atoms. The van der Waals surface area contributed by atoms with Crippen LogP contribution in [0.3, 0.4) is 0 Å². The van der Waals surface area contributed by atoms with Crippen LogP contribution in [0.5, 0.6) is 0 Å². The summed E-state index contributed by atoms with van der Waals surface area (Å²) in [4.78, 5) is 6.63. The second kappa shape index (κ2) is 7.03. The molecule has 1 N–H and O–H groups in total. The fraction of sp³-hybridized carbons (Fsp3) is 0.529. The summed E-state index contributed by atoms with van der Waals surface area (Å²) >= 11 is 0. The van der Waals surface area contributed by atoms with Gasteiger partial charge in [0.2, 0.25) is 0 Å². The minimum atomic E-state index is 0.0405. The van der Waals surface area contributed by atoms with Crippen LogP contribution in [0.2, 0.25) is 0 Å². The highest BCUT2D eigenvalue weighted by atomic mass is 16.3. The highest BCUT2D eigenvalue weighted by molar-refractivity contribution is 5.28. The molecule has 0 saturated heterocycles. The van der Waals surface area contributed by atoms with E-state index in [0.29, 0.717) is 0 Å². The molecule has 2 aromatic heterocycles. The van der Waals surface area contributed by atoms with Gasteiger partial charge in [-0.05, 0) is 37.9 Å². The predicted molar refractivity (Wildman–Crippen MR) is 85.4 cm³/mol. The van der Waals surface area contributed by atoms with Crippen molar-refractivity contribution in [1.29, 1.82) is 0 Å². The third kappa shape index (κ3) is 3.20. The van der Waals surface area contributed by atoms with Crippen LogP contribution in [0.15, 0.2) is 24.5 Å². The molecule has 5 heteroatoms. The lowest BCUT2D eigenvalue weighted by atomic mass is 10.0. The molecular formula is C17H24N4O. The smallest absolute Gasteiger partial charge is 0.0926 e. The fourth-order valence-corrected chi connectivity index (χ4v) is 3.25. The summed E-state index contributed by atoms with van der Waals surface area (Å²) in [6.07, 6.45) is 7.00. The normalized spacial score (nSPS) is 15.0. The predicted octanol–water partition coefficient (Wildman–Crippen LogP) is 1.78. The van der Waals surface area contributed by atoms with Crippen molar-refractivity contribution in [2.45, 2.75) is 45.9 Å². The van der Waals surface area contributed by atoms with Crippen molar-refractivity contribution in [3.8, 4) is 0 Å². The number of hydrogen-bond donors (Lipinski definition) is 1. The van der Waals surface area contributed by atoms with Crippen LogP contribution >= 0.6 is 0 Å². The highest BCUT2D eigenvalue weighted by Crippen LogP contribution is 2.23. The SMILES string of the molecule is CCn1nc(CO)c2c1CCN(CCCc1cccnc1)C2. The summed E-state index contributed by atoms with van der Waals surface area (Å²) in [5.41, 5.74) is 4.72. The van der Waals surface area contributed by atoms with Crippen LogP contribution < -0.4 is 0 Å². The Morgan fingerprint density at radius 3 is 3.00 bits per heavy atom. The van der Waals surface area contributed by atoms with Crippen molar-refractivity contribution >= 4 is 0 Å². The molecule has 2 aromatic rings. The Hall–Kier alpha value is -1.72. The Morgan fingerprint density at radius 2 is 2.27 bits per heavy atom. The average Bonchev–Trinajstić information content (AvgIpc) is 2.93. The number of aliphatic hydroxyl groups excluding tert-OH is 1. The molecule has 3 heterocycles. The molecule has 0 atom stereocenters. The average molecular weight is 300 g/mol. The van der Waals surface area contributed by atoms with Gasteiger partial charge in [-0.3, -0.25) is 14.6 Å². The van der Waals surface area contributed by atoms with E-state index in [9.17, 15) is 5.11 Å². The zero-order chi connectivity index (χ0) is 15.4.